The van der Waals surface area contributed by atoms with Gasteiger partial charge >= 0.3 is 11.3 Å². The van der Waals surface area contributed by atoms with Crippen molar-refractivity contribution in [3.05, 3.63) is 93.6 Å². The van der Waals surface area contributed by atoms with E-state index in [0.29, 0.717) is 10.8 Å². The molecule has 0 aliphatic carbocycles. The molecule has 0 aliphatic rings. The Hall–Kier alpha value is -4.50. The molecular weight excluding hydrogens is 408 g/mol. The maximum absolute atomic E-state index is 13.1. The van der Waals surface area contributed by atoms with E-state index in [4.69, 9.17) is 4.42 Å². The van der Waals surface area contributed by atoms with Gasteiger partial charge in [0.05, 0.1) is 10.8 Å². The van der Waals surface area contributed by atoms with Crippen molar-refractivity contribution >= 4 is 86.2 Å². The molecule has 3 nitrogen and oxygen atoms in total. The molecule has 150 valence electrons. The van der Waals surface area contributed by atoms with Crippen molar-refractivity contribution < 1.29 is 4.42 Å². The highest BCUT2D eigenvalue weighted by Gasteiger charge is 2.27. The van der Waals surface area contributed by atoms with Gasteiger partial charge in [-0.15, -0.1) is 0 Å². The average molecular weight is 420 g/mol. The third kappa shape index (κ3) is 1.58. The highest BCUT2D eigenvalue weighted by Crippen LogP contribution is 2.52. The van der Waals surface area contributed by atoms with E-state index in [9.17, 15) is 9.59 Å². The summed E-state index contributed by atoms with van der Waals surface area (Å²) in [7, 11) is 0. The van der Waals surface area contributed by atoms with Gasteiger partial charge in [-0.3, -0.25) is 0 Å². The summed E-state index contributed by atoms with van der Waals surface area (Å²) in [6.07, 6.45) is 0. The molecule has 1 aromatic heterocycles. The van der Waals surface area contributed by atoms with Gasteiger partial charge in [-0.25, -0.2) is 9.59 Å². The largest absolute Gasteiger partial charge is 0.386 e. The molecule has 33 heavy (non-hydrogen) atoms. The normalized spacial score (nSPS) is 13.1. The van der Waals surface area contributed by atoms with Crippen molar-refractivity contribution in [2.24, 2.45) is 0 Å². The zero-order valence-electron chi connectivity index (χ0n) is 17.2. The zero-order valence-corrected chi connectivity index (χ0v) is 17.2. The lowest BCUT2D eigenvalue weighted by molar-refractivity contribution is 0.500. The molecule has 0 bridgehead atoms. The molecule has 0 N–H and O–H groups in total. The second kappa shape index (κ2) is 4.94. The fraction of sp³-hybridized carbons (Fsp3) is 0. The van der Waals surface area contributed by atoms with Crippen LogP contribution in [0.15, 0.2) is 86.8 Å². The first-order valence-electron chi connectivity index (χ1n) is 11.0. The average Bonchev–Trinajstić information content (AvgIpc) is 3.16. The summed E-state index contributed by atoms with van der Waals surface area (Å²) in [5.74, 6) is 0. The number of hydrogen-bond acceptors (Lipinski definition) is 3. The van der Waals surface area contributed by atoms with Crippen LogP contribution >= 0.6 is 0 Å². The van der Waals surface area contributed by atoms with Gasteiger partial charge in [0.2, 0.25) is 0 Å². The SMILES string of the molecule is O=c1oc(=O)c2c1c1ccc3ccc4ccc5ccc6c7ccccc7c2c2c6c5c4c3c12. The molecule has 3 heteroatoms. The number of rotatable bonds is 0. The van der Waals surface area contributed by atoms with Gasteiger partial charge in [0.25, 0.3) is 0 Å². The maximum atomic E-state index is 13.1. The number of hydrogen-bond donors (Lipinski definition) is 0. The third-order valence-electron chi connectivity index (χ3n) is 7.75. The molecule has 0 spiro atoms. The Labute approximate surface area is 184 Å². The van der Waals surface area contributed by atoms with Crippen molar-refractivity contribution in [2.75, 3.05) is 0 Å². The number of fused-ring (bicyclic) bond motifs is 6. The molecule has 0 radical (unpaired) electrons. The minimum atomic E-state index is -0.551. The Bertz CT molecular complexity index is 2370. The van der Waals surface area contributed by atoms with E-state index in [1.54, 1.807) is 0 Å². The van der Waals surface area contributed by atoms with Crippen molar-refractivity contribution in [1.29, 1.82) is 0 Å². The standard InChI is InChI=1S/C30H12O3/c31-29-26-19-12-10-15-8-6-13-5-7-14-9-11-18-16-3-1-2-4-17(16)24(28(26)30(32)33-29)27-23(18)21(14)20(13)22(15)25(19)27/h1-12H. The summed E-state index contributed by atoms with van der Waals surface area (Å²) in [5.41, 5.74) is -1.10. The van der Waals surface area contributed by atoms with Crippen LogP contribution in [0.3, 0.4) is 0 Å². The first-order chi connectivity index (χ1) is 16.2. The Morgan fingerprint density at radius 1 is 0.364 bits per heavy atom. The van der Waals surface area contributed by atoms with E-state index in [0.717, 1.165) is 48.5 Å². The lowest BCUT2D eigenvalue weighted by atomic mass is 9.80. The molecule has 9 rings (SSSR count). The molecule has 0 unspecified atom stereocenters. The smallest absolute Gasteiger partial charge is 0.347 e. The summed E-state index contributed by atoms with van der Waals surface area (Å²) in [6.45, 7) is 0. The van der Waals surface area contributed by atoms with E-state index < -0.39 is 11.3 Å². The summed E-state index contributed by atoms with van der Waals surface area (Å²) >= 11 is 0. The minimum Gasteiger partial charge on any atom is -0.386 e. The van der Waals surface area contributed by atoms with Gasteiger partial charge < -0.3 is 4.42 Å². The molecule has 9 aromatic rings. The van der Waals surface area contributed by atoms with Crippen LogP contribution in [-0.4, -0.2) is 0 Å². The van der Waals surface area contributed by atoms with Crippen LogP contribution in [0.25, 0.3) is 86.2 Å². The van der Waals surface area contributed by atoms with E-state index in [2.05, 4.69) is 54.6 Å². The third-order valence-corrected chi connectivity index (χ3v) is 7.75. The highest BCUT2D eigenvalue weighted by molar-refractivity contribution is 6.51. The van der Waals surface area contributed by atoms with Gasteiger partial charge in [0, 0.05) is 10.8 Å². The van der Waals surface area contributed by atoms with Crippen molar-refractivity contribution in [1.82, 2.24) is 0 Å². The van der Waals surface area contributed by atoms with E-state index >= 15 is 0 Å². The molecule has 0 saturated carbocycles. The van der Waals surface area contributed by atoms with E-state index in [-0.39, 0.29) is 0 Å². The maximum Gasteiger partial charge on any atom is 0.347 e. The lowest BCUT2D eigenvalue weighted by Crippen LogP contribution is -1.98. The minimum absolute atomic E-state index is 0.400. The summed E-state index contributed by atoms with van der Waals surface area (Å²) < 4.78 is 5.20. The van der Waals surface area contributed by atoms with Crippen LogP contribution in [0.4, 0.5) is 0 Å². The molecule has 0 saturated heterocycles. The second-order valence-corrected chi connectivity index (χ2v) is 9.12. The predicted octanol–water partition coefficient (Wildman–Crippen LogP) is 6.98. The van der Waals surface area contributed by atoms with Crippen LogP contribution in [0.5, 0.6) is 0 Å². The van der Waals surface area contributed by atoms with E-state index in [1.165, 1.54) is 26.9 Å². The fourth-order valence-corrected chi connectivity index (χ4v) is 6.57. The molecule has 0 fully saturated rings. The van der Waals surface area contributed by atoms with Gasteiger partial charge in [-0.1, -0.05) is 72.8 Å². The first-order valence-corrected chi connectivity index (χ1v) is 11.0. The van der Waals surface area contributed by atoms with Gasteiger partial charge in [0.1, 0.15) is 0 Å². The van der Waals surface area contributed by atoms with E-state index in [1.807, 2.05) is 18.2 Å². The summed E-state index contributed by atoms with van der Waals surface area (Å²) in [5, 5.41) is 16.1. The number of furan rings is 1. The van der Waals surface area contributed by atoms with Crippen LogP contribution < -0.4 is 11.3 Å². The number of benzene rings is 8. The van der Waals surface area contributed by atoms with Gasteiger partial charge in [0.15, 0.2) is 0 Å². The quantitative estimate of drug-likeness (QED) is 0.196. The molecule has 0 atom stereocenters. The molecule has 8 aromatic carbocycles. The monoisotopic (exact) mass is 420 g/mol. The Balaban J connectivity index is 1.91. The summed E-state index contributed by atoms with van der Waals surface area (Å²) in [6, 6.07) is 25.3. The highest BCUT2D eigenvalue weighted by atomic mass is 16.4. The van der Waals surface area contributed by atoms with Crippen molar-refractivity contribution in [2.45, 2.75) is 0 Å². The predicted molar refractivity (Wildman–Crippen MR) is 136 cm³/mol. The summed E-state index contributed by atoms with van der Waals surface area (Å²) in [4.78, 5) is 26.0. The Morgan fingerprint density at radius 2 is 0.818 bits per heavy atom. The molecule has 0 aliphatic heterocycles. The molecular formula is C30H12O3. The Morgan fingerprint density at radius 3 is 1.52 bits per heavy atom. The van der Waals surface area contributed by atoms with Crippen LogP contribution in [0.1, 0.15) is 0 Å². The van der Waals surface area contributed by atoms with Crippen molar-refractivity contribution in [3.63, 3.8) is 0 Å². The van der Waals surface area contributed by atoms with Crippen LogP contribution in [0.2, 0.25) is 0 Å². The topological polar surface area (TPSA) is 47.3 Å². The molecule has 0 amide bonds. The van der Waals surface area contributed by atoms with Gasteiger partial charge in [-0.05, 0) is 64.6 Å². The zero-order chi connectivity index (χ0) is 21.6. The van der Waals surface area contributed by atoms with Crippen LogP contribution in [-0.2, 0) is 0 Å². The lowest BCUT2D eigenvalue weighted by Gasteiger charge is -2.22. The molecule has 1 heterocycles. The van der Waals surface area contributed by atoms with Crippen LogP contribution in [0, 0.1) is 0 Å². The first kappa shape index (κ1) is 16.2. The van der Waals surface area contributed by atoms with Gasteiger partial charge in [-0.2, -0.15) is 0 Å². The second-order valence-electron chi connectivity index (χ2n) is 9.12. The fourth-order valence-electron chi connectivity index (χ4n) is 6.57. The van der Waals surface area contributed by atoms with Crippen molar-refractivity contribution in [3.8, 4) is 0 Å². The Kier molecular flexibility index (Phi) is 2.42.